The zero-order valence-corrected chi connectivity index (χ0v) is 26.5. The van der Waals surface area contributed by atoms with Crippen molar-refractivity contribution in [3.8, 4) is 11.1 Å². The van der Waals surface area contributed by atoms with Gasteiger partial charge in [0.05, 0.1) is 6.04 Å². The predicted molar refractivity (Wildman–Crippen MR) is 198 cm³/mol. The van der Waals surface area contributed by atoms with Gasteiger partial charge in [0.25, 0.3) is 0 Å². The van der Waals surface area contributed by atoms with Crippen LogP contribution in [0.2, 0.25) is 0 Å². The van der Waals surface area contributed by atoms with Crippen molar-refractivity contribution >= 4 is 39.0 Å². The van der Waals surface area contributed by atoms with Crippen molar-refractivity contribution in [1.29, 1.82) is 0 Å². The molecule has 4 atom stereocenters. The monoisotopic (exact) mass is 621 g/mol. The van der Waals surface area contributed by atoms with Crippen molar-refractivity contribution in [2.75, 3.05) is 9.80 Å². The fourth-order valence-corrected chi connectivity index (χ4v) is 8.29. The molecule has 4 heteroatoms. The number of para-hydroxylation sites is 3. The molecule has 3 heterocycles. The second kappa shape index (κ2) is 11.0. The summed E-state index contributed by atoms with van der Waals surface area (Å²) in [5, 5.41) is 6.25. The molecule has 48 heavy (non-hydrogen) atoms. The topological polar surface area (TPSA) is 31.6 Å². The molecule has 232 valence electrons. The van der Waals surface area contributed by atoms with E-state index in [1.807, 2.05) is 6.07 Å². The first-order valence-corrected chi connectivity index (χ1v) is 17.1. The molecule has 1 aromatic heterocycles. The highest BCUT2D eigenvalue weighted by Crippen LogP contribution is 2.50. The summed E-state index contributed by atoms with van der Waals surface area (Å²) in [7, 11) is 0. The highest BCUT2D eigenvalue weighted by Gasteiger charge is 2.42. The van der Waals surface area contributed by atoms with Gasteiger partial charge in [-0.3, -0.25) is 5.32 Å². The van der Waals surface area contributed by atoms with Gasteiger partial charge in [0.2, 0.25) is 0 Å². The molecule has 2 aliphatic heterocycles. The minimum atomic E-state index is 0.0841. The Hall–Kier alpha value is -5.58. The van der Waals surface area contributed by atoms with Crippen LogP contribution in [0.25, 0.3) is 33.1 Å². The largest absolute Gasteiger partial charge is 0.455 e. The van der Waals surface area contributed by atoms with Gasteiger partial charge in [-0.25, -0.2) is 0 Å². The Morgan fingerprint density at radius 2 is 1.52 bits per heavy atom. The molecule has 10 rings (SSSR count). The van der Waals surface area contributed by atoms with E-state index in [0.717, 1.165) is 40.3 Å². The number of hydrogen-bond donors (Lipinski definition) is 1. The maximum atomic E-state index is 6.47. The first-order chi connectivity index (χ1) is 23.8. The fraction of sp³-hybridized carbons (Fsp3) is 0.136. The van der Waals surface area contributed by atoms with E-state index in [1.54, 1.807) is 0 Å². The van der Waals surface area contributed by atoms with Crippen molar-refractivity contribution in [1.82, 2.24) is 5.32 Å². The number of benzene rings is 5. The molecule has 4 aliphatic rings. The molecule has 5 aromatic carbocycles. The number of nitrogens with one attached hydrogen (secondary N) is 1. The van der Waals surface area contributed by atoms with E-state index in [-0.39, 0.29) is 18.4 Å². The molecule has 0 saturated carbocycles. The zero-order chi connectivity index (χ0) is 31.6. The smallest absolute Gasteiger partial charge is 0.143 e. The van der Waals surface area contributed by atoms with Crippen molar-refractivity contribution < 1.29 is 4.42 Å². The molecule has 2 aliphatic carbocycles. The average molecular weight is 622 g/mol. The first kappa shape index (κ1) is 27.5. The lowest BCUT2D eigenvalue weighted by molar-refractivity contribution is 0.299. The van der Waals surface area contributed by atoms with Crippen molar-refractivity contribution in [3.05, 3.63) is 174 Å². The molecule has 0 amide bonds. The summed E-state index contributed by atoms with van der Waals surface area (Å²) in [6.07, 6.45) is 18.3. The molecule has 0 bridgehead atoms. The maximum Gasteiger partial charge on any atom is 0.143 e. The third-order valence-electron chi connectivity index (χ3n) is 10.6. The summed E-state index contributed by atoms with van der Waals surface area (Å²) in [6.45, 7) is 0. The summed E-state index contributed by atoms with van der Waals surface area (Å²) in [4.78, 5) is 5.09. The standard InChI is InChI=1S/C44H35N3O/c1-3-13-29(14-4-1)43-45-44(47(43)32-16-5-2-6-17-32)31-15-11-18-33(27-31)46-39-23-9-7-19-35(39)36-26-25-30(28-40(36)46)34-21-12-22-38-37-20-8-10-24-41(37)48-42(34)38/h1-3,5-13,15-28,35,39,43-45H,4,14H2. The number of anilines is 3. The van der Waals surface area contributed by atoms with Gasteiger partial charge in [0.15, 0.2) is 0 Å². The van der Waals surface area contributed by atoms with E-state index in [9.17, 15) is 0 Å². The SMILES string of the molecule is C1=CCCC(C2NC(c3cccc(N4c5cc(-c6cccc7c6oc6ccccc67)ccc5C5C=CC=CC54)c3)N2c2ccccc2)=C1. The van der Waals surface area contributed by atoms with Crippen LogP contribution in [0.4, 0.5) is 17.1 Å². The molecule has 1 fully saturated rings. The Bertz CT molecular complexity index is 2330. The predicted octanol–water partition coefficient (Wildman–Crippen LogP) is 10.7. The summed E-state index contributed by atoms with van der Waals surface area (Å²) in [5.74, 6) is 0.294. The minimum absolute atomic E-state index is 0.0841. The second-order valence-electron chi connectivity index (χ2n) is 13.2. The third kappa shape index (κ3) is 4.26. The van der Waals surface area contributed by atoms with Gasteiger partial charge in [0.1, 0.15) is 23.5 Å². The quantitative estimate of drug-likeness (QED) is 0.208. The Morgan fingerprint density at radius 1 is 0.688 bits per heavy atom. The second-order valence-corrected chi connectivity index (χ2v) is 13.2. The van der Waals surface area contributed by atoms with E-state index >= 15 is 0 Å². The van der Waals surface area contributed by atoms with Crippen LogP contribution < -0.4 is 15.1 Å². The number of nitrogens with zero attached hydrogens (tertiary/aromatic N) is 2. The number of fused-ring (bicyclic) bond motifs is 6. The van der Waals surface area contributed by atoms with Crippen molar-refractivity contribution in [2.45, 2.75) is 37.1 Å². The normalized spacial score (nSPS) is 22.5. The van der Waals surface area contributed by atoms with Crippen molar-refractivity contribution in [3.63, 3.8) is 0 Å². The van der Waals surface area contributed by atoms with Crippen LogP contribution in [0.1, 0.15) is 36.1 Å². The Morgan fingerprint density at radius 3 is 2.44 bits per heavy atom. The van der Waals surface area contributed by atoms with Gasteiger partial charge in [-0.1, -0.05) is 121 Å². The number of hydrogen-bond acceptors (Lipinski definition) is 4. The van der Waals surface area contributed by atoms with Gasteiger partial charge in [-0.2, -0.15) is 0 Å². The number of rotatable bonds is 5. The molecule has 4 nitrogen and oxygen atoms in total. The molecule has 4 unspecified atom stereocenters. The zero-order valence-electron chi connectivity index (χ0n) is 26.5. The van der Waals surface area contributed by atoms with Crippen LogP contribution in [0.5, 0.6) is 0 Å². The number of furan rings is 1. The molecule has 1 saturated heterocycles. The molecular formula is C44H35N3O. The Labute approximate surface area is 280 Å². The average Bonchev–Trinajstić information content (AvgIpc) is 3.68. The number of allylic oxidation sites excluding steroid dienone is 5. The Balaban J connectivity index is 1.06. The van der Waals surface area contributed by atoms with Crippen LogP contribution in [-0.4, -0.2) is 12.2 Å². The van der Waals surface area contributed by atoms with Gasteiger partial charge in [-0.05, 0) is 71.5 Å². The van der Waals surface area contributed by atoms with E-state index in [1.165, 1.54) is 39.3 Å². The van der Waals surface area contributed by atoms with Crippen LogP contribution in [0.15, 0.2) is 168 Å². The van der Waals surface area contributed by atoms with Gasteiger partial charge >= 0.3 is 0 Å². The highest BCUT2D eigenvalue weighted by atomic mass is 16.3. The van der Waals surface area contributed by atoms with E-state index in [2.05, 4.69) is 167 Å². The molecule has 6 aromatic rings. The lowest BCUT2D eigenvalue weighted by Crippen LogP contribution is -2.64. The molecule has 1 N–H and O–H groups in total. The summed E-state index contributed by atoms with van der Waals surface area (Å²) >= 11 is 0. The summed E-state index contributed by atoms with van der Waals surface area (Å²) < 4.78 is 6.47. The first-order valence-electron chi connectivity index (χ1n) is 17.1. The van der Waals surface area contributed by atoms with Gasteiger partial charge in [0, 0.05) is 39.3 Å². The third-order valence-corrected chi connectivity index (χ3v) is 10.6. The summed E-state index contributed by atoms with van der Waals surface area (Å²) in [6, 6.07) is 42.0. The van der Waals surface area contributed by atoms with E-state index in [4.69, 9.17) is 4.42 Å². The van der Waals surface area contributed by atoms with Crippen molar-refractivity contribution in [2.24, 2.45) is 0 Å². The summed E-state index contributed by atoms with van der Waals surface area (Å²) in [5.41, 5.74) is 11.9. The van der Waals surface area contributed by atoms with Gasteiger partial charge < -0.3 is 14.2 Å². The van der Waals surface area contributed by atoms with Gasteiger partial charge in [-0.15, -0.1) is 0 Å². The maximum absolute atomic E-state index is 6.47. The fourth-order valence-electron chi connectivity index (χ4n) is 8.29. The van der Waals surface area contributed by atoms with Crippen LogP contribution >= 0.6 is 0 Å². The van der Waals surface area contributed by atoms with Crippen LogP contribution in [0, 0.1) is 0 Å². The highest BCUT2D eigenvalue weighted by molar-refractivity contribution is 6.09. The molecular weight excluding hydrogens is 587 g/mol. The minimum Gasteiger partial charge on any atom is -0.455 e. The van der Waals surface area contributed by atoms with Crippen LogP contribution in [-0.2, 0) is 0 Å². The lowest BCUT2D eigenvalue weighted by atomic mass is 9.90. The van der Waals surface area contributed by atoms with E-state index < -0.39 is 0 Å². The van der Waals surface area contributed by atoms with Crippen LogP contribution in [0.3, 0.4) is 0 Å². The molecule has 0 radical (unpaired) electrons. The van der Waals surface area contributed by atoms with E-state index in [0.29, 0.717) is 5.92 Å². The molecule has 0 spiro atoms. The Kier molecular flexibility index (Phi) is 6.31. The lowest BCUT2D eigenvalue weighted by Gasteiger charge is -2.53.